The molecule has 5 rings (SSSR count). The van der Waals surface area contributed by atoms with Gasteiger partial charge in [0.1, 0.15) is 0 Å². The summed E-state index contributed by atoms with van der Waals surface area (Å²) in [5.74, 6) is -1.18. The van der Waals surface area contributed by atoms with Crippen LogP contribution in [0.25, 0.3) is 11.3 Å². The number of hydrogen-bond donors (Lipinski definition) is 2. The molecule has 0 saturated carbocycles. The molecule has 0 bridgehead atoms. The van der Waals surface area contributed by atoms with E-state index in [1.165, 1.54) is 12.1 Å². The molecule has 150 valence electrons. The Morgan fingerprint density at radius 1 is 1.07 bits per heavy atom. The van der Waals surface area contributed by atoms with Crippen molar-refractivity contribution < 1.29 is 8.78 Å². The van der Waals surface area contributed by atoms with E-state index in [0.717, 1.165) is 40.1 Å². The third-order valence-electron chi connectivity index (χ3n) is 5.45. The second-order valence-electron chi connectivity index (χ2n) is 7.32. The molecule has 1 unspecified atom stereocenters. The predicted molar refractivity (Wildman–Crippen MR) is 110 cm³/mol. The van der Waals surface area contributed by atoms with Gasteiger partial charge in [-0.2, -0.15) is 0 Å². The van der Waals surface area contributed by atoms with Crippen LogP contribution < -0.4 is 5.32 Å². The van der Waals surface area contributed by atoms with Crippen molar-refractivity contribution in [1.29, 1.82) is 0 Å². The molecule has 1 aliphatic carbocycles. The van der Waals surface area contributed by atoms with Crippen LogP contribution >= 0.6 is 0 Å². The molecule has 5 nitrogen and oxygen atoms in total. The van der Waals surface area contributed by atoms with Gasteiger partial charge in [-0.15, -0.1) is 0 Å². The molecule has 1 aliphatic rings. The average molecular weight is 403 g/mol. The molecular weight excluding hydrogens is 384 g/mol. The van der Waals surface area contributed by atoms with Gasteiger partial charge in [-0.05, 0) is 35.2 Å². The molecule has 2 aromatic carbocycles. The Balaban J connectivity index is 1.45. The van der Waals surface area contributed by atoms with Crippen molar-refractivity contribution in [3.63, 3.8) is 0 Å². The molecule has 0 fully saturated rings. The number of H-pyrrole nitrogens is 1. The monoisotopic (exact) mass is 403 g/mol. The lowest BCUT2D eigenvalue weighted by atomic mass is 9.78. The van der Waals surface area contributed by atoms with Crippen LogP contribution in [0.3, 0.4) is 0 Å². The van der Waals surface area contributed by atoms with E-state index in [4.69, 9.17) is 4.98 Å². The van der Waals surface area contributed by atoms with Crippen LogP contribution in [0.1, 0.15) is 28.3 Å². The largest absolute Gasteiger partial charge is 0.354 e. The summed E-state index contributed by atoms with van der Waals surface area (Å²) in [6.45, 7) is 0.669. The first-order valence-electron chi connectivity index (χ1n) is 9.81. The summed E-state index contributed by atoms with van der Waals surface area (Å²) >= 11 is 0. The highest BCUT2D eigenvalue weighted by Crippen LogP contribution is 2.42. The zero-order valence-corrected chi connectivity index (χ0v) is 16.1. The summed E-state index contributed by atoms with van der Waals surface area (Å²) in [7, 11) is 0. The lowest BCUT2D eigenvalue weighted by Crippen LogP contribution is -2.16. The highest BCUT2D eigenvalue weighted by molar-refractivity contribution is 5.72. The second kappa shape index (κ2) is 7.67. The molecule has 4 aromatic rings. The minimum atomic E-state index is -0.836. The molecule has 2 N–H and O–H groups in total. The molecule has 7 heteroatoms. The number of fused-ring (bicyclic) bond motifs is 3. The Morgan fingerprint density at radius 3 is 2.80 bits per heavy atom. The van der Waals surface area contributed by atoms with Gasteiger partial charge in [-0.25, -0.2) is 23.7 Å². The van der Waals surface area contributed by atoms with Gasteiger partial charge >= 0.3 is 0 Å². The van der Waals surface area contributed by atoms with E-state index in [9.17, 15) is 8.78 Å². The second-order valence-corrected chi connectivity index (χ2v) is 7.32. The summed E-state index contributed by atoms with van der Waals surface area (Å²) in [6.07, 6.45) is 6.74. The number of imidazole rings is 1. The maximum absolute atomic E-state index is 13.9. The molecular formula is C23H19F2N5. The highest BCUT2D eigenvalue weighted by Gasteiger charge is 2.28. The zero-order valence-electron chi connectivity index (χ0n) is 16.1. The smallest absolute Gasteiger partial charge is 0.223 e. The van der Waals surface area contributed by atoms with Crippen molar-refractivity contribution in [2.75, 3.05) is 11.9 Å². The molecule has 0 aliphatic heterocycles. The number of nitrogens with zero attached hydrogens (tertiary/aromatic N) is 3. The minimum absolute atomic E-state index is 0.0779. The van der Waals surface area contributed by atoms with Crippen LogP contribution in [0.2, 0.25) is 0 Å². The third kappa shape index (κ3) is 3.43. The summed E-state index contributed by atoms with van der Waals surface area (Å²) < 4.78 is 27.3. The molecule has 0 spiro atoms. The summed E-state index contributed by atoms with van der Waals surface area (Å²) in [4.78, 5) is 16.4. The van der Waals surface area contributed by atoms with Crippen molar-refractivity contribution in [2.24, 2.45) is 0 Å². The summed E-state index contributed by atoms with van der Waals surface area (Å²) in [6, 6.07) is 12.1. The van der Waals surface area contributed by atoms with Crippen LogP contribution in [-0.2, 0) is 12.8 Å². The number of halogens is 2. The molecule has 0 saturated heterocycles. The van der Waals surface area contributed by atoms with Crippen LogP contribution in [0, 0.1) is 11.6 Å². The van der Waals surface area contributed by atoms with Gasteiger partial charge in [-0.1, -0.05) is 30.3 Å². The topological polar surface area (TPSA) is 66.5 Å². The Morgan fingerprint density at radius 2 is 1.97 bits per heavy atom. The molecule has 30 heavy (non-hydrogen) atoms. The minimum Gasteiger partial charge on any atom is -0.354 e. The lowest BCUT2D eigenvalue weighted by molar-refractivity contribution is 0.506. The molecule has 1 atom stereocenters. The maximum Gasteiger partial charge on any atom is 0.223 e. The van der Waals surface area contributed by atoms with E-state index in [1.54, 1.807) is 12.4 Å². The highest BCUT2D eigenvalue weighted by atomic mass is 19.2. The number of anilines is 1. The number of rotatable bonds is 5. The molecule has 0 amide bonds. The van der Waals surface area contributed by atoms with Gasteiger partial charge in [0.2, 0.25) is 5.95 Å². The first-order chi connectivity index (χ1) is 14.7. The van der Waals surface area contributed by atoms with Crippen molar-refractivity contribution in [3.05, 3.63) is 95.2 Å². The Hall–Kier alpha value is -3.61. The average Bonchev–Trinajstić information content (AvgIpc) is 3.29. The number of hydrogen-bond acceptors (Lipinski definition) is 4. The van der Waals surface area contributed by atoms with Crippen LogP contribution in [0.5, 0.6) is 0 Å². The normalized spacial score (nSPS) is 14.8. The van der Waals surface area contributed by atoms with Gasteiger partial charge in [0, 0.05) is 36.8 Å². The summed E-state index contributed by atoms with van der Waals surface area (Å²) in [5, 5.41) is 3.25. The number of nitrogens with one attached hydrogen (secondary N) is 2. The first kappa shape index (κ1) is 18.4. The van der Waals surface area contributed by atoms with E-state index >= 15 is 0 Å². The van der Waals surface area contributed by atoms with Crippen LogP contribution in [-0.4, -0.2) is 26.5 Å². The fourth-order valence-electron chi connectivity index (χ4n) is 3.98. The van der Waals surface area contributed by atoms with E-state index in [-0.39, 0.29) is 5.92 Å². The maximum atomic E-state index is 13.9. The van der Waals surface area contributed by atoms with Crippen LogP contribution in [0.4, 0.5) is 14.7 Å². The fourth-order valence-corrected chi connectivity index (χ4v) is 3.98. The molecule has 2 aromatic heterocycles. The van der Waals surface area contributed by atoms with E-state index in [0.29, 0.717) is 18.9 Å². The summed E-state index contributed by atoms with van der Waals surface area (Å²) in [5.41, 5.74) is 5.62. The Kier molecular flexibility index (Phi) is 4.71. The Bertz CT molecular complexity index is 1190. The number of benzene rings is 2. The van der Waals surface area contributed by atoms with Crippen molar-refractivity contribution in [3.8, 4) is 11.3 Å². The number of aromatic amines is 1. The first-order valence-corrected chi connectivity index (χ1v) is 9.81. The van der Waals surface area contributed by atoms with E-state index in [1.807, 2.05) is 36.7 Å². The fraction of sp³-hybridized carbons (Fsp3) is 0.174. The lowest BCUT2D eigenvalue weighted by Gasteiger charge is -2.27. The molecule has 2 heterocycles. The number of aromatic nitrogens is 4. The van der Waals surface area contributed by atoms with Gasteiger partial charge in [0.25, 0.3) is 0 Å². The molecule has 0 radical (unpaired) electrons. The van der Waals surface area contributed by atoms with E-state index < -0.39 is 11.6 Å². The Labute approximate surface area is 172 Å². The van der Waals surface area contributed by atoms with Gasteiger partial charge in [-0.3, -0.25) is 0 Å². The van der Waals surface area contributed by atoms with E-state index in [2.05, 4.69) is 20.3 Å². The van der Waals surface area contributed by atoms with Gasteiger partial charge in [0.05, 0.1) is 17.7 Å². The SMILES string of the molecule is Fc1ccc(C2Cc3cnc(NCCc4c[nH]cn4)nc3-c3ccccc32)cc1F. The zero-order chi connectivity index (χ0) is 20.5. The van der Waals surface area contributed by atoms with Crippen molar-refractivity contribution in [1.82, 2.24) is 19.9 Å². The van der Waals surface area contributed by atoms with Crippen molar-refractivity contribution in [2.45, 2.75) is 18.8 Å². The quantitative estimate of drug-likeness (QED) is 0.515. The standard InChI is InChI=1S/C23H19F2N5/c24-20-6-5-14(10-21(20)25)19-9-15-11-28-23(27-8-7-16-12-26-13-29-16)30-22(15)18-4-2-1-3-17(18)19/h1-6,10-13,19H,7-9H2,(H,26,29)(H,27,28,30). The van der Waals surface area contributed by atoms with Crippen molar-refractivity contribution >= 4 is 5.95 Å². The van der Waals surface area contributed by atoms with Gasteiger partial charge < -0.3 is 10.3 Å². The van der Waals surface area contributed by atoms with Crippen LogP contribution in [0.15, 0.2) is 61.2 Å². The predicted octanol–water partition coefficient (Wildman–Crippen LogP) is 4.49. The third-order valence-corrected chi connectivity index (χ3v) is 5.45. The van der Waals surface area contributed by atoms with Gasteiger partial charge in [0.15, 0.2) is 11.6 Å².